The maximum Gasteiger partial charge on any atom is 0.313 e. The smallest absolute Gasteiger partial charge is 0.313 e. The molecule has 9 heteroatoms. The highest BCUT2D eigenvalue weighted by Crippen LogP contribution is 2.25. The quantitative estimate of drug-likeness (QED) is 0.450. The van der Waals surface area contributed by atoms with Gasteiger partial charge in [0.1, 0.15) is 18.1 Å². The molecule has 0 aliphatic heterocycles. The second kappa shape index (κ2) is 7.67. The zero-order valence-corrected chi connectivity index (χ0v) is 14.5. The Labute approximate surface area is 153 Å². The van der Waals surface area contributed by atoms with E-state index < -0.39 is 18.0 Å². The lowest BCUT2D eigenvalue weighted by Gasteiger charge is -2.15. The van der Waals surface area contributed by atoms with Crippen LogP contribution < -0.4 is 5.32 Å². The van der Waals surface area contributed by atoms with Gasteiger partial charge in [-0.1, -0.05) is 11.6 Å². The summed E-state index contributed by atoms with van der Waals surface area (Å²) < 4.78 is 18.1. The van der Waals surface area contributed by atoms with Crippen molar-refractivity contribution in [2.45, 2.75) is 19.6 Å². The van der Waals surface area contributed by atoms with E-state index >= 15 is 0 Å². The van der Waals surface area contributed by atoms with Crippen LogP contribution >= 0.6 is 11.6 Å². The topological polar surface area (TPSA) is 100 Å². The van der Waals surface area contributed by atoms with Crippen LogP contribution in [0.5, 0.6) is 0 Å². The number of aromatic nitrogens is 3. The van der Waals surface area contributed by atoms with Crippen molar-refractivity contribution in [3.05, 3.63) is 52.7 Å². The second-order valence-corrected chi connectivity index (χ2v) is 5.85. The van der Waals surface area contributed by atoms with E-state index in [2.05, 4.69) is 20.3 Å². The number of aliphatic hydroxyl groups is 1. The third-order valence-corrected chi connectivity index (χ3v) is 3.90. The molecule has 0 amide bonds. The first-order valence-electron chi connectivity index (χ1n) is 7.86. The molecule has 2 aromatic heterocycles. The number of aliphatic hydroxyl groups excluding tert-OH is 1. The number of esters is 1. The molecule has 0 bridgehead atoms. The van der Waals surface area contributed by atoms with E-state index in [4.69, 9.17) is 16.3 Å². The fourth-order valence-electron chi connectivity index (χ4n) is 2.46. The predicted molar refractivity (Wildman–Crippen MR) is 94.2 cm³/mol. The lowest BCUT2D eigenvalue weighted by molar-refractivity contribution is -0.142. The first kappa shape index (κ1) is 18.1. The Balaban J connectivity index is 1.85. The number of H-pyrrole nitrogens is 1. The Kier molecular flexibility index (Phi) is 5.34. The average Bonchev–Trinajstić information content (AvgIpc) is 3.00. The third-order valence-electron chi connectivity index (χ3n) is 3.61. The summed E-state index contributed by atoms with van der Waals surface area (Å²) in [4.78, 5) is 22.9. The van der Waals surface area contributed by atoms with Crippen molar-refractivity contribution in [1.82, 2.24) is 15.0 Å². The molecule has 2 heterocycles. The molecular weight excluding hydrogens is 363 g/mol. The minimum absolute atomic E-state index is 0.0270. The van der Waals surface area contributed by atoms with Crippen molar-refractivity contribution in [2.75, 3.05) is 11.9 Å². The number of aromatic amines is 1. The number of carbonyl (C=O) groups excluding carboxylic acids is 1. The summed E-state index contributed by atoms with van der Waals surface area (Å²) in [6.45, 7) is 2.01. The molecular formula is C17H16ClFN4O3. The number of carbonyl (C=O) groups is 1. The fraction of sp³-hybridized carbons (Fsp3) is 0.235. The van der Waals surface area contributed by atoms with E-state index in [0.717, 1.165) is 0 Å². The largest absolute Gasteiger partial charge is 0.466 e. The van der Waals surface area contributed by atoms with Gasteiger partial charge in [0, 0.05) is 17.4 Å². The van der Waals surface area contributed by atoms with E-state index in [-0.39, 0.29) is 18.1 Å². The summed E-state index contributed by atoms with van der Waals surface area (Å²) >= 11 is 5.75. The number of pyridine rings is 1. The summed E-state index contributed by atoms with van der Waals surface area (Å²) in [6, 6.07) is 5.64. The van der Waals surface area contributed by atoms with Gasteiger partial charge in [-0.3, -0.25) is 4.79 Å². The number of rotatable bonds is 6. The Morgan fingerprint density at radius 1 is 1.46 bits per heavy atom. The highest BCUT2D eigenvalue weighted by atomic mass is 35.5. The number of nitrogens with zero attached hydrogens (tertiary/aromatic N) is 2. The average molecular weight is 379 g/mol. The monoisotopic (exact) mass is 378 g/mol. The molecule has 3 N–H and O–H groups in total. The minimum atomic E-state index is -1.13. The Morgan fingerprint density at radius 2 is 2.27 bits per heavy atom. The fourth-order valence-corrected chi connectivity index (χ4v) is 2.64. The van der Waals surface area contributed by atoms with Crippen molar-refractivity contribution in [3.63, 3.8) is 0 Å². The van der Waals surface area contributed by atoms with Crippen LogP contribution in [0, 0.1) is 5.82 Å². The maximum atomic E-state index is 13.2. The number of ether oxygens (including phenoxy) is 1. The maximum absolute atomic E-state index is 13.2. The SMILES string of the molecule is CCOC(=O)Cc1nc2nccc(C(O)Nc3ccc(F)c(Cl)c3)c2[nH]1. The molecule has 1 atom stereocenters. The van der Waals surface area contributed by atoms with Crippen LogP contribution in [0.4, 0.5) is 10.1 Å². The zero-order chi connectivity index (χ0) is 18.7. The van der Waals surface area contributed by atoms with Gasteiger partial charge in [0.15, 0.2) is 11.9 Å². The summed E-state index contributed by atoms with van der Waals surface area (Å²) in [5.74, 6) is -0.571. The Bertz CT molecular complexity index is 947. The van der Waals surface area contributed by atoms with E-state index in [9.17, 15) is 14.3 Å². The zero-order valence-electron chi connectivity index (χ0n) is 13.8. The van der Waals surface area contributed by atoms with Gasteiger partial charge < -0.3 is 20.1 Å². The molecule has 1 unspecified atom stereocenters. The van der Waals surface area contributed by atoms with E-state index in [1.54, 1.807) is 13.0 Å². The first-order valence-corrected chi connectivity index (χ1v) is 8.24. The standard InChI is InChI=1S/C17H16ClFN4O3/c1-2-26-14(24)8-13-22-15-10(5-6-20-16(15)23-13)17(25)21-9-3-4-12(19)11(18)7-9/h3-7,17,21,25H,2,8H2,1H3,(H,20,22,23). The number of nitrogens with one attached hydrogen (secondary N) is 2. The van der Waals surface area contributed by atoms with Gasteiger partial charge in [0.25, 0.3) is 0 Å². The lowest BCUT2D eigenvalue weighted by Crippen LogP contribution is -2.11. The van der Waals surface area contributed by atoms with Crippen molar-refractivity contribution in [1.29, 1.82) is 0 Å². The molecule has 0 saturated carbocycles. The Hall–Kier alpha value is -2.71. The minimum Gasteiger partial charge on any atom is -0.466 e. The molecule has 3 aromatic rings. The molecule has 0 saturated heterocycles. The van der Waals surface area contributed by atoms with Gasteiger partial charge >= 0.3 is 5.97 Å². The van der Waals surface area contributed by atoms with Gasteiger partial charge in [-0.2, -0.15) is 0 Å². The highest BCUT2D eigenvalue weighted by Gasteiger charge is 2.17. The summed E-state index contributed by atoms with van der Waals surface area (Å²) in [5, 5.41) is 13.3. The molecule has 3 rings (SSSR count). The van der Waals surface area contributed by atoms with Crippen molar-refractivity contribution >= 4 is 34.4 Å². The molecule has 1 aromatic carbocycles. The summed E-state index contributed by atoms with van der Waals surface area (Å²) in [6.07, 6.45) is 0.341. The van der Waals surface area contributed by atoms with Crippen LogP contribution in [0.3, 0.4) is 0 Å². The summed E-state index contributed by atoms with van der Waals surface area (Å²) in [7, 11) is 0. The molecule has 0 fully saturated rings. The molecule has 0 aliphatic rings. The van der Waals surface area contributed by atoms with Crippen LogP contribution in [-0.4, -0.2) is 32.6 Å². The van der Waals surface area contributed by atoms with Gasteiger partial charge in [0.2, 0.25) is 0 Å². The first-order chi connectivity index (χ1) is 12.5. The molecule has 136 valence electrons. The van der Waals surface area contributed by atoms with Gasteiger partial charge in [-0.05, 0) is 31.2 Å². The normalized spacial score (nSPS) is 12.2. The molecule has 26 heavy (non-hydrogen) atoms. The van der Waals surface area contributed by atoms with Crippen molar-refractivity contribution in [3.8, 4) is 0 Å². The number of hydrogen-bond donors (Lipinski definition) is 3. The second-order valence-electron chi connectivity index (χ2n) is 5.44. The number of anilines is 1. The van der Waals surface area contributed by atoms with Crippen molar-refractivity contribution in [2.24, 2.45) is 0 Å². The van der Waals surface area contributed by atoms with E-state index in [1.165, 1.54) is 24.4 Å². The summed E-state index contributed by atoms with van der Waals surface area (Å²) in [5.41, 5.74) is 1.76. The lowest BCUT2D eigenvalue weighted by atomic mass is 10.2. The molecule has 0 spiro atoms. The van der Waals surface area contributed by atoms with Crippen LogP contribution in [-0.2, 0) is 16.0 Å². The number of imidazole rings is 1. The van der Waals surface area contributed by atoms with Gasteiger partial charge in [-0.15, -0.1) is 0 Å². The predicted octanol–water partition coefficient (Wildman–Crippen LogP) is 2.96. The highest BCUT2D eigenvalue weighted by molar-refractivity contribution is 6.31. The third kappa shape index (κ3) is 3.92. The van der Waals surface area contributed by atoms with E-state index in [0.29, 0.717) is 28.2 Å². The number of halogens is 2. The van der Waals surface area contributed by atoms with Crippen LogP contribution in [0.1, 0.15) is 24.5 Å². The number of fused-ring (bicyclic) bond motifs is 1. The van der Waals surface area contributed by atoms with Crippen LogP contribution in [0.25, 0.3) is 11.2 Å². The van der Waals surface area contributed by atoms with Gasteiger partial charge in [0.05, 0.1) is 17.1 Å². The molecule has 7 nitrogen and oxygen atoms in total. The molecule has 0 aliphatic carbocycles. The van der Waals surface area contributed by atoms with E-state index in [1.807, 2.05) is 0 Å². The van der Waals surface area contributed by atoms with Gasteiger partial charge in [-0.25, -0.2) is 14.4 Å². The van der Waals surface area contributed by atoms with Crippen LogP contribution in [0.15, 0.2) is 30.5 Å². The van der Waals surface area contributed by atoms with Crippen LogP contribution in [0.2, 0.25) is 5.02 Å². The number of benzene rings is 1. The van der Waals surface area contributed by atoms with Crippen molar-refractivity contribution < 1.29 is 19.0 Å². The Morgan fingerprint density at radius 3 is 3.00 bits per heavy atom. The number of hydrogen-bond acceptors (Lipinski definition) is 6. The molecule has 0 radical (unpaired) electrons.